The number of rotatable bonds is 0. The number of carbonyl (C=O) groups is 1. The molecule has 0 bridgehead atoms. The van der Waals surface area contributed by atoms with Crippen molar-refractivity contribution in [3.05, 3.63) is 0 Å². The molecule has 3 heteroatoms. The Labute approximate surface area is 54.9 Å². The van der Waals surface area contributed by atoms with Crippen LogP contribution in [0.25, 0.3) is 0 Å². The molecule has 0 N–H and O–H groups in total. The van der Waals surface area contributed by atoms with E-state index < -0.39 is 0 Å². The molecule has 1 fully saturated rings. The van der Waals surface area contributed by atoms with Crippen LogP contribution in [0.4, 0.5) is 0 Å². The fraction of sp³-hybridized carbons (Fsp3) is 0.833. The number of hydrogen-bond acceptors (Lipinski definition) is 3. The smallest absolute Gasteiger partial charge is 0.228 e. The zero-order valence-electron chi connectivity index (χ0n) is 6.22. The van der Waals surface area contributed by atoms with Gasteiger partial charge in [-0.3, -0.25) is 0 Å². The first kappa shape index (κ1) is 8.59. The molecule has 1 heterocycles. The minimum atomic E-state index is -0.250. The number of hydrogen-bond donors (Lipinski definition) is 0. The Morgan fingerprint density at radius 2 is 1.33 bits per heavy atom. The second-order valence-electron chi connectivity index (χ2n) is 2.47. The average molecular weight is 132 g/mol. The quantitative estimate of drug-likeness (QED) is 0.368. The number of carbonyl (C=O) groups excluding carboxylic acids is 1. The van der Waals surface area contributed by atoms with Gasteiger partial charge in [0.1, 0.15) is 5.78 Å². The molecule has 9 heavy (non-hydrogen) atoms. The molecular weight excluding hydrogens is 120 g/mol. The van der Waals surface area contributed by atoms with Crippen LogP contribution in [0, 0.1) is 0 Å². The van der Waals surface area contributed by atoms with Crippen LogP contribution < -0.4 is 0 Å². The van der Waals surface area contributed by atoms with Crippen LogP contribution in [0.5, 0.6) is 0 Å². The molecule has 0 spiro atoms. The predicted octanol–water partition coefficient (Wildman–Crippen LogP) is 1.28. The standard InChI is InChI=1S/C3H6O2.C3H6O/c1-3(2)4-5-3;1-3(2)4/h1-2H3;1-2H3. The van der Waals surface area contributed by atoms with Gasteiger partial charge in [0.05, 0.1) is 0 Å². The molecule has 1 aliphatic heterocycles. The summed E-state index contributed by atoms with van der Waals surface area (Å²) < 4.78 is 0. The van der Waals surface area contributed by atoms with Crippen molar-refractivity contribution in [3.63, 3.8) is 0 Å². The maximum Gasteiger partial charge on any atom is 0.228 e. The van der Waals surface area contributed by atoms with Gasteiger partial charge in [-0.15, -0.1) is 0 Å². The largest absolute Gasteiger partial charge is 0.300 e. The van der Waals surface area contributed by atoms with Crippen molar-refractivity contribution < 1.29 is 14.6 Å². The monoisotopic (exact) mass is 132 g/mol. The Hall–Kier alpha value is -0.410. The van der Waals surface area contributed by atoms with Crippen LogP contribution in [0.15, 0.2) is 0 Å². The zero-order chi connectivity index (χ0) is 7.49. The first-order valence-electron chi connectivity index (χ1n) is 2.78. The highest BCUT2D eigenvalue weighted by Gasteiger charge is 2.36. The molecule has 0 aromatic carbocycles. The van der Waals surface area contributed by atoms with Crippen LogP contribution in [0.3, 0.4) is 0 Å². The van der Waals surface area contributed by atoms with E-state index in [0.29, 0.717) is 0 Å². The Morgan fingerprint density at radius 3 is 1.33 bits per heavy atom. The van der Waals surface area contributed by atoms with Crippen molar-refractivity contribution in [2.45, 2.75) is 33.5 Å². The van der Waals surface area contributed by atoms with Crippen LogP contribution >= 0.6 is 0 Å². The van der Waals surface area contributed by atoms with E-state index in [2.05, 4.69) is 9.78 Å². The van der Waals surface area contributed by atoms with Crippen LogP contribution in [-0.2, 0) is 14.6 Å². The summed E-state index contributed by atoms with van der Waals surface area (Å²) in [7, 11) is 0. The van der Waals surface area contributed by atoms with E-state index in [-0.39, 0.29) is 11.6 Å². The summed E-state index contributed by atoms with van der Waals surface area (Å²) in [5, 5.41) is 0. The molecule has 0 aromatic rings. The second kappa shape index (κ2) is 2.94. The van der Waals surface area contributed by atoms with E-state index >= 15 is 0 Å². The van der Waals surface area contributed by atoms with Gasteiger partial charge in [-0.05, 0) is 27.7 Å². The Balaban J connectivity index is 0.000000148. The predicted molar refractivity (Wildman–Crippen MR) is 32.6 cm³/mol. The molecular formula is C6H12O3. The molecule has 1 aliphatic rings. The Bertz CT molecular complexity index is 96.9. The average Bonchev–Trinajstić information content (AvgIpc) is 2.16. The third-order valence-corrected chi connectivity index (χ3v) is 0.417. The topological polar surface area (TPSA) is 42.1 Å². The van der Waals surface area contributed by atoms with E-state index in [1.54, 1.807) is 0 Å². The van der Waals surface area contributed by atoms with Gasteiger partial charge in [-0.1, -0.05) is 0 Å². The third kappa shape index (κ3) is 11.3. The fourth-order valence-electron chi connectivity index (χ4n) is 0.0833. The highest BCUT2D eigenvalue weighted by molar-refractivity contribution is 5.72. The normalized spacial score (nSPS) is 19.6. The molecule has 0 saturated carbocycles. The van der Waals surface area contributed by atoms with Crippen molar-refractivity contribution in [1.82, 2.24) is 0 Å². The SMILES string of the molecule is CC(C)=O.CC1(C)OO1. The summed E-state index contributed by atoms with van der Waals surface area (Å²) in [4.78, 5) is 18.2. The van der Waals surface area contributed by atoms with Gasteiger partial charge in [0, 0.05) is 0 Å². The number of ketones is 1. The van der Waals surface area contributed by atoms with Crippen molar-refractivity contribution in [1.29, 1.82) is 0 Å². The molecule has 0 amide bonds. The molecule has 0 radical (unpaired) electrons. The highest BCUT2D eigenvalue weighted by Crippen LogP contribution is 2.26. The maximum atomic E-state index is 9.44. The van der Waals surface area contributed by atoms with Crippen molar-refractivity contribution >= 4 is 5.78 Å². The zero-order valence-corrected chi connectivity index (χ0v) is 6.22. The molecule has 0 aromatic heterocycles. The van der Waals surface area contributed by atoms with Gasteiger partial charge in [0.25, 0.3) is 0 Å². The molecule has 0 unspecified atom stereocenters. The lowest BCUT2D eigenvalue weighted by atomic mass is 10.4. The van der Waals surface area contributed by atoms with Crippen LogP contribution in [0.2, 0.25) is 0 Å². The summed E-state index contributed by atoms with van der Waals surface area (Å²) in [6.07, 6.45) is 0. The van der Waals surface area contributed by atoms with Gasteiger partial charge in [0.15, 0.2) is 0 Å². The summed E-state index contributed by atoms with van der Waals surface area (Å²) in [6, 6.07) is 0. The van der Waals surface area contributed by atoms with E-state index in [1.807, 2.05) is 13.8 Å². The first-order chi connectivity index (χ1) is 3.94. The van der Waals surface area contributed by atoms with Crippen LogP contribution in [0.1, 0.15) is 27.7 Å². The molecule has 3 nitrogen and oxygen atoms in total. The summed E-state index contributed by atoms with van der Waals surface area (Å²) in [6.45, 7) is 6.76. The molecule has 1 saturated heterocycles. The Morgan fingerprint density at radius 1 is 1.22 bits per heavy atom. The third-order valence-electron chi connectivity index (χ3n) is 0.417. The van der Waals surface area contributed by atoms with Gasteiger partial charge < -0.3 is 4.79 Å². The van der Waals surface area contributed by atoms with Crippen molar-refractivity contribution in [3.8, 4) is 0 Å². The van der Waals surface area contributed by atoms with Gasteiger partial charge in [-0.25, -0.2) is 0 Å². The summed E-state index contributed by atoms with van der Waals surface area (Å²) >= 11 is 0. The molecule has 0 aliphatic carbocycles. The minimum absolute atomic E-state index is 0.167. The van der Waals surface area contributed by atoms with Crippen molar-refractivity contribution in [2.24, 2.45) is 0 Å². The van der Waals surface area contributed by atoms with Gasteiger partial charge in [0.2, 0.25) is 5.79 Å². The van der Waals surface area contributed by atoms with Gasteiger partial charge >= 0.3 is 0 Å². The lowest BCUT2D eigenvalue weighted by molar-refractivity contribution is -0.114. The van der Waals surface area contributed by atoms with Crippen LogP contribution in [-0.4, -0.2) is 11.6 Å². The second-order valence-corrected chi connectivity index (χ2v) is 2.47. The van der Waals surface area contributed by atoms with E-state index in [1.165, 1.54) is 13.8 Å². The lowest BCUT2D eigenvalue weighted by Gasteiger charge is -1.72. The first-order valence-corrected chi connectivity index (χ1v) is 2.78. The molecule has 54 valence electrons. The van der Waals surface area contributed by atoms with Gasteiger partial charge in [-0.2, -0.15) is 9.78 Å². The van der Waals surface area contributed by atoms with E-state index in [0.717, 1.165) is 0 Å². The number of Topliss-reactive ketones (excluding diaryl/α,β-unsaturated/α-hetero) is 1. The minimum Gasteiger partial charge on any atom is -0.300 e. The summed E-state index contributed by atoms with van der Waals surface area (Å²) in [5.74, 6) is -0.0833. The maximum absolute atomic E-state index is 9.44. The highest BCUT2D eigenvalue weighted by atomic mass is 17.4. The van der Waals surface area contributed by atoms with Crippen molar-refractivity contribution in [2.75, 3.05) is 0 Å². The Kier molecular flexibility index (Phi) is 2.81. The molecule has 0 atom stereocenters. The lowest BCUT2D eigenvalue weighted by Crippen LogP contribution is -1.89. The van der Waals surface area contributed by atoms with E-state index in [9.17, 15) is 4.79 Å². The fourth-order valence-corrected chi connectivity index (χ4v) is 0.0833. The molecule has 1 rings (SSSR count). The van der Waals surface area contributed by atoms with E-state index in [4.69, 9.17) is 0 Å². The summed E-state index contributed by atoms with van der Waals surface area (Å²) in [5.41, 5.74) is 0.